The number of sulfonamides is 1. The largest absolute Gasteiger partial charge is 0.389 e. The highest BCUT2D eigenvalue weighted by molar-refractivity contribution is 7.91. The van der Waals surface area contributed by atoms with Gasteiger partial charge in [-0.1, -0.05) is 12.1 Å². The molecule has 8 heteroatoms. The van der Waals surface area contributed by atoms with Crippen LogP contribution in [0.3, 0.4) is 0 Å². The van der Waals surface area contributed by atoms with Crippen molar-refractivity contribution in [2.45, 2.75) is 24.3 Å². The van der Waals surface area contributed by atoms with Crippen molar-refractivity contribution in [2.75, 3.05) is 18.1 Å². The summed E-state index contributed by atoms with van der Waals surface area (Å²) in [5.74, 6) is -0.0233. The molecular formula is C13H19NO5S2. The molecule has 1 aliphatic rings. The molecular weight excluding hydrogens is 314 g/mol. The number of aliphatic hydroxyl groups excluding tert-OH is 1. The average molecular weight is 333 g/mol. The molecule has 0 radical (unpaired) electrons. The summed E-state index contributed by atoms with van der Waals surface area (Å²) in [5, 5.41) is 9.49. The van der Waals surface area contributed by atoms with E-state index < -0.39 is 26.0 Å². The third-order valence-electron chi connectivity index (χ3n) is 3.54. The highest BCUT2D eigenvalue weighted by atomic mass is 32.2. The molecule has 2 N–H and O–H groups in total. The monoisotopic (exact) mass is 333 g/mol. The summed E-state index contributed by atoms with van der Waals surface area (Å²) in [6.07, 6.45) is -0.265. The van der Waals surface area contributed by atoms with E-state index in [4.69, 9.17) is 0 Å². The van der Waals surface area contributed by atoms with Crippen molar-refractivity contribution in [3.63, 3.8) is 0 Å². The first-order valence-electron chi connectivity index (χ1n) is 6.68. The van der Waals surface area contributed by atoms with Crippen LogP contribution in [0.25, 0.3) is 0 Å². The van der Waals surface area contributed by atoms with Crippen LogP contribution in [0.4, 0.5) is 0 Å². The van der Waals surface area contributed by atoms with E-state index in [1.54, 1.807) is 19.1 Å². The second-order valence-corrected chi connectivity index (χ2v) is 9.37. The zero-order valence-electron chi connectivity index (χ0n) is 11.7. The predicted molar refractivity (Wildman–Crippen MR) is 79.0 cm³/mol. The van der Waals surface area contributed by atoms with Crippen LogP contribution in [0.15, 0.2) is 29.2 Å². The highest BCUT2D eigenvalue weighted by Crippen LogP contribution is 2.20. The second-order valence-electron chi connectivity index (χ2n) is 5.37. The molecule has 0 bridgehead atoms. The Kier molecular flexibility index (Phi) is 4.72. The van der Waals surface area contributed by atoms with Crippen LogP contribution >= 0.6 is 0 Å². The molecule has 1 aromatic rings. The van der Waals surface area contributed by atoms with Crippen molar-refractivity contribution in [1.82, 2.24) is 4.72 Å². The second kappa shape index (κ2) is 6.04. The van der Waals surface area contributed by atoms with Crippen LogP contribution < -0.4 is 4.72 Å². The van der Waals surface area contributed by atoms with Crippen molar-refractivity contribution in [3.8, 4) is 0 Å². The maximum Gasteiger partial charge on any atom is 0.240 e. The third kappa shape index (κ3) is 4.26. The van der Waals surface area contributed by atoms with Gasteiger partial charge in [0.25, 0.3) is 0 Å². The van der Waals surface area contributed by atoms with Gasteiger partial charge in [-0.2, -0.15) is 0 Å². The lowest BCUT2D eigenvalue weighted by Crippen LogP contribution is -2.30. The van der Waals surface area contributed by atoms with Gasteiger partial charge in [-0.05, 0) is 37.0 Å². The number of nitrogens with one attached hydrogen (secondary N) is 1. The molecule has 0 saturated carbocycles. The fourth-order valence-electron chi connectivity index (χ4n) is 2.29. The molecule has 1 aliphatic heterocycles. The molecule has 6 nitrogen and oxygen atoms in total. The van der Waals surface area contributed by atoms with E-state index in [1.807, 2.05) is 0 Å². The molecule has 2 atom stereocenters. The molecule has 0 aliphatic carbocycles. The Morgan fingerprint density at radius 3 is 2.71 bits per heavy atom. The van der Waals surface area contributed by atoms with Gasteiger partial charge in [0.1, 0.15) is 0 Å². The molecule has 1 heterocycles. The van der Waals surface area contributed by atoms with Crippen molar-refractivity contribution >= 4 is 19.9 Å². The normalized spacial score (nSPS) is 23.0. The Morgan fingerprint density at radius 2 is 2.14 bits per heavy atom. The molecule has 1 fully saturated rings. The number of aliphatic hydroxyl groups is 1. The van der Waals surface area contributed by atoms with Gasteiger partial charge in [0.05, 0.1) is 22.5 Å². The van der Waals surface area contributed by atoms with E-state index in [2.05, 4.69) is 4.72 Å². The third-order valence-corrected chi connectivity index (χ3v) is 6.80. The van der Waals surface area contributed by atoms with Gasteiger partial charge >= 0.3 is 0 Å². The maximum absolute atomic E-state index is 12.2. The molecule has 118 valence electrons. The minimum Gasteiger partial charge on any atom is -0.389 e. The van der Waals surface area contributed by atoms with Gasteiger partial charge in [0.15, 0.2) is 9.84 Å². The van der Waals surface area contributed by atoms with E-state index in [-0.39, 0.29) is 28.9 Å². The van der Waals surface area contributed by atoms with Gasteiger partial charge < -0.3 is 5.11 Å². The molecule has 2 unspecified atom stereocenters. The Hall–Kier alpha value is -0.960. The average Bonchev–Trinajstić information content (AvgIpc) is 2.76. The van der Waals surface area contributed by atoms with E-state index in [0.717, 1.165) is 0 Å². The molecule has 0 spiro atoms. The van der Waals surface area contributed by atoms with Gasteiger partial charge in [0, 0.05) is 6.54 Å². The fourth-order valence-corrected chi connectivity index (χ4v) is 5.32. The fraction of sp³-hybridized carbons (Fsp3) is 0.538. The van der Waals surface area contributed by atoms with Crippen molar-refractivity contribution in [3.05, 3.63) is 29.8 Å². The standard InChI is InChI=1S/C13H19NO5S2/c1-10(15)12-3-2-4-13(7-12)21(18,19)14-8-11-5-6-20(16,17)9-11/h2-4,7,10-11,14-15H,5-6,8-9H2,1H3. The minimum absolute atomic E-state index is 0.0310. The van der Waals surface area contributed by atoms with E-state index in [9.17, 15) is 21.9 Å². The lowest BCUT2D eigenvalue weighted by molar-refractivity contribution is 0.199. The van der Waals surface area contributed by atoms with E-state index >= 15 is 0 Å². The number of hydrogen-bond donors (Lipinski definition) is 2. The zero-order valence-corrected chi connectivity index (χ0v) is 13.3. The molecule has 0 amide bonds. The van der Waals surface area contributed by atoms with Crippen LogP contribution in [0, 0.1) is 5.92 Å². The lowest BCUT2D eigenvalue weighted by Gasteiger charge is -2.12. The first kappa shape index (κ1) is 16.4. The number of benzene rings is 1. The van der Waals surface area contributed by atoms with E-state index in [1.165, 1.54) is 12.1 Å². The minimum atomic E-state index is -3.70. The van der Waals surface area contributed by atoms with Gasteiger partial charge in [-0.3, -0.25) is 0 Å². The Balaban J connectivity index is 2.07. The van der Waals surface area contributed by atoms with Crippen LogP contribution in [0.1, 0.15) is 25.0 Å². The summed E-state index contributed by atoms with van der Waals surface area (Å²) in [4.78, 5) is 0.0711. The molecule has 1 aromatic carbocycles. The van der Waals surface area contributed by atoms with Crippen molar-refractivity contribution in [2.24, 2.45) is 5.92 Å². The van der Waals surface area contributed by atoms with E-state index in [0.29, 0.717) is 12.0 Å². The first-order valence-corrected chi connectivity index (χ1v) is 9.98. The summed E-state index contributed by atoms with van der Waals surface area (Å²) >= 11 is 0. The summed E-state index contributed by atoms with van der Waals surface area (Å²) in [6, 6.07) is 6.07. The van der Waals surface area contributed by atoms with Crippen molar-refractivity contribution in [1.29, 1.82) is 0 Å². The molecule has 21 heavy (non-hydrogen) atoms. The van der Waals surface area contributed by atoms with Crippen LogP contribution in [-0.4, -0.2) is 40.0 Å². The Morgan fingerprint density at radius 1 is 1.43 bits per heavy atom. The van der Waals surface area contributed by atoms with Crippen LogP contribution in [0.2, 0.25) is 0 Å². The summed E-state index contributed by atoms with van der Waals surface area (Å²) in [5.41, 5.74) is 0.515. The zero-order chi connectivity index (χ0) is 15.7. The quantitative estimate of drug-likeness (QED) is 0.815. The predicted octanol–water partition coefficient (Wildman–Crippen LogP) is 0.453. The summed E-state index contributed by atoms with van der Waals surface area (Å²) < 4.78 is 49.5. The van der Waals surface area contributed by atoms with Gasteiger partial charge in [-0.25, -0.2) is 21.6 Å². The SMILES string of the molecule is CC(O)c1cccc(S(=O)(=O)NCC2CCS(=O)(=O)C2)c1. The Labute approximate surface area is 125 Å². The van der Waals surface area contributed by atoms with Crippen LogP contribution in [-0.2, 0) is 19.9 Å². The number of sulfone groups is 1. The van der Waals surface area contributed by atoms with Crippen molar-refractivity contribution < 1.29 is 21.9 Å². The molecule has 1 saturated heterocycles. The lowest BCUT2D eigenvalue weighted by atomic mass is 10.1. The molecule has 2 rings (SSSR count). The number of hydrogen-bond acceptors (Lipinski definition) is 5. The highest BCUT2D eigenvalue weighted by Gasteiger charge is 2.29. The summed E-state index contributed by atoms with van der Waals surface area (Å²) in [6.45, 7) is 1.67. The number of rotatable bonds is 5. The van der Waals surface area contributed by atoms with Gasteiger partial charge in [0.2, 0.25) is 10.0 Å². The smallest absolute Gasteiger partial charge is 0.240 e. The maximum atomic E-state index is 12.2. The van der Waals surface area contributed by atoms with Crippen LogP contribution in [0.5, 0.6) is 0 Å². The Bertz CT molecular complexity index is 710. The van der Waals surface area contributed by atoms with Gasteiger partial charge in [-0.15, -0.1) is 0 Å². The summed E-state index contributed by atoms with van der Waals surface area (Å²) in [7, 11) is -6.71. The topological polar surface area (TPSA) is 101 Å². The molecule has 0 aromatic heterocycles. The first-order chi connectivity index (χ1) is 9.70.